The second-order valence-corrected chi connectivity index (χ2v) is 3.49. The Balaban J connectivity index is 0.000000791. The smallest absolute Gasteiger partial charge is 0.0346 e. The van der Waals surface area contributed by atoms with Gasteiger partial charge in [-0.3, -0.25) is 4.98 Å². The Bertz CT molecular complexity index is 329. The summed E-state index contributed by atoms with van der Waals surface area (Å²) in [7, 11) is 0. The van der Waals surface area contributed by atoms with Crippen molar-refractivity contribution in [2.75, 3.05) is 0 Å². The molecule has 0 N–H and O–H groups in total. The molecule has 0 aliphatic rings. The van der Waals surface area contributed by atoms with Gasteiger partial charge in [0.25, 0.3) is 0 Å². The molecule has 1 aromatic rings. The largest absolute Gasteiger partial charge is 0.264 e. The Labute approximate surface area is 94.7 Å². The van der Waals surface area contributed by atoms with Crippen molar-refractivity contribution < 1.29 is 0 Å². The maximum Gasteiger partial charge on any atom is 0.0346 e. The molecule has 0 unspecified atom stereocenters. The highest BCUT2D eigenvalue weighted by molar-refractivity contribution is 9.15. The molecule has 2 heteroatoms. The van der Waals surface area contributed by atoms with Crippen LogP contribution in [0.1, 0.15) is 30.5 Å². The molecule has 1 rings (SSSR count). The van der Waals surface area contributed by atoms with Crippen LogP contribution in [0, 0.1) is 6.92 Å². The van der Waals surface area contributed by atoms with Crippen LogP contribution in [0.5, 0.6) is 0 Å². The van der Waals surface area contributed by atoms with Crippen LogP contribution >= 0.6 is 15.9 Å². The van der Waals surface area contributed by atoms with E-state index in [-0.39, 0.29) is 0 Å². The summed E-state index contributed by atoms with van der Waals surface area (Å²) in [6, 6.07) is 0. The summed E-state index contributed by atoms with van der Waals surface area (Å²) in [4.78, 5) is 4.06. The van der Waals surface area contributed by atoms with Gasteiger partial charge in [-0.05, 0) is 12.5 Å². The van der Waals surface area contributed by atoms with Crippen molar-refractivity contribution in [3.05, 3.63) is 42.2 Å². The molecule has 0 atom stereocenters. The molecule has 0 aliphatic carbocycles. The number of hydrogen-bond acceptors (Lipinski definition) is 1. The first kappa shape index (κ1) is 13.1. The second-order valence-electron chi connectivity index (χ2n) is 2.53. The maximum atomic E-state index is 4.06. The molecular weight excluding hydrogens is 238 g/mol. The van der Waals surface area contributed by atoms with E-state index in [1.165, 1.54) is 0 Å². The number of halogens is 1. The predicted molar refractivity (Wildman–Crippen MR) is 68.4 cm³/mol. The fraction of sp³-hybridized carbons (Fsp3) is 0.250. The molecule has 0 saturated heterocycles. The van der Waals surface area contributed by atoms with E-state index >= 15 is 0 Å². The van der Waals surface area contributed by atoms with Gasteiger partial charge in [0.2, 0.25) is 0 Å². The number of hydrogen-bond donors (Lipinski definition) is 0. The highest BCUT2D eigenvalue weighted by Gasteiger charge is 2.04. The summed E-state index contributed by atoms with van der Waals surface area (Å²) in [5.41, 5.74) is 3.20. The molecule has 14 heavy (non-hydrogen) atoms. The Morgan fingerprint density at radius 3 is 2.36 bits per heavy atom. The minimum absolute atomic E-state index is 0.873. The van der Waals surface area contributed by atoms with Crippen molar-refractivity contribution >= 4 is 26.5 Å². The lowest BCUT2D eigenvalue weighted by Crippen LogP contribution is -1.89. The van der Waals surface area contributed by atoms with Crippen LogP contribution < -0.4 is 0 Å². The van der Waals surface area contributed by atoms with Gasteiger partial charge in [-0.25, -0.2) is 0 Å². The van der Waals surface area contributed by atoms with Crippen LogP contribution in [0.15, 0.2) is 25.6 Å². The number of aryl methyl sites for hydroxylation is 1. The molecule has 1 aromatic heterocycles. The summed E-state index contributed by atoms with van der Waals surface area (Å²) in [5.74, 6) is 0. The van der Waals surface area contributed by atoms with Crippen molar-refractivity contribution in [2.24, 2.45) is 0 Å². The van der Waals surface area contributed by atoms with Gasteiger partial charge in [0, 0.05) is 28.0 Å². The molecule has 76 valence electrons. The lowest BCUT2D eigenvalue weighted by molar-refractivity contribution is 1.25. The second kappa shape index (κ2) is 6.55. The summed E-state index contributed by atoms with van der Waals surface area (Å²) >= 11 is 3.35. The summed E-state index contributed by atoms with van der Waals surface area (Å²) < 4.78 is 0.873. The van der Waals surface area contributed by atoms with Crippen LogP contribution in [0.2, 0.25) is 0 Å². The van der Waals surface area contributed by atoms with Crippen molar-refractivity contribution in [2.45, 2.75) is 20.8 Å². The van der Waals surface area contributed by atoms with Gasteiger partial charge in [-0.1, -0.05) is 49.0 Å². The number of aromatic nitrogens is 1. The molecule has 1 heterocycles. The monoisotopic (exact) mass is 253 g/mol. The zero-order valence-electron chi connectivity index (χ0n) is 8.97. The third-order valence-corrected chi connectivity index (χ3v) is 2.05. The number of rotatable bonds is 2. The molecule has 0 aliphatic heterocycles. The van der Waals surface area contributed by atoms with Gasteiger partial charge in [0.1, 0.15) is 0 Å². The zero-order chi connectivity index (χ0) is 11.1. The van der Waals surface area contributed by atoms with Crippen LogP contribution in [0.3, 0.4) is 0 Å². The van der Waals surface area contributed by atoms with Crippen molar-refractivity contribution in [1.82, 2.24) is 4.98 Å². The molecule has 0 radical (unpaired) electrons. The van der Waals surface area contributed by atoms with Crippen molar-refractivity contribution in [3.8, 4) is 0 Å². The van der Waals surface area contributed by atoms with Crippen molar-refractivity contribution in [1.29, 1.82) is 0 Å². The van der Waals surface area contributed by atoms with Gasteiger partial charge in [0.15, 0.2) is 0 Å². The highest BCUT2D eigenvalue weighted by atomic mass is 79.9. The Kier molecular flexibility index (Phi) is 6.13. The molecule has 1 nitrogen and oxygen atoms in total. The average Bonchev–Trinajstić information content (AvgIpc) is 2.19. The minimum atomic E-state index is 0.873. The summed E-state index contributed by atoms with van der Waals surface area (Å²) in [5, 5.41) is 0. The number of nitrogens with zero attached hydrogens (tertiary/aromatic N) is 1. The van der Waals surface area contributed by atoms with E-state index < -0.39 is 0 Å². The SMILES string of the molecule is C=Cc1cncc(C)c1C(=C)Br.CC. The Hall–Kier alpha value is -0.890. The molecule has 0 saturated carbocycles. The quantitative estimate of drug-likeness (QED) is 0.761. The third kappa shape index (κ3) is 3.11. The van der Waals surface area contributed by atoms with Crippen LogP contribution in [0.25, 0.3) is 10.6 Å². The van der Waals surface area contributed by atoms with Crippen LogP contribution in [-0.2, 0) is 0 Å². The van der Waals surface area contributed by atoms with E-state index in [1.807, 2.05) is 27.0 Å². The zero-order valence-corrected chi connectivity index (χ0v) is 10.6. The maximum absolute atomic E-state index is 4.06. The molecule has 0 aromatic carbocycles. The number of pyridine rings is 1. The molecule has 0 spiro atoms. The van der Waals surface area contributed by atoms with Gasteiger partial charge < -0.3 is 0 Å². The molecule has 0 fully saturated rings. The molecule has 0 bridgehead atoms. The lowest BCUT2D eigenvalue weighted by Gasteiger charge is -2.06. The van der Waals surface area contributed by atoms with Gasteiger partial charge in [-0.15, -0.1) is 0 Å². The standard InChI is InChI=1S/C10H10BrN.C2H6/c1-4-9-6-12-5-7(2)10(9)8(3)11;1-2/h4-6H,1,3H2,2H3;1-2H3. The molecular formula is C12H16BrN. The van der Waals surface area contributed by atoms with Crippen LogP contribution in [0.4, 0.5) is 0 Å². The topological polar surface area (TPSA) is 12.9 Å². The van der Waals surface area contributed by atoms with Crippen LogP contribution in [-0.4, -0.2) is 4.98 Å². The minimum Gasteiger partial charge on any atom is -0.264 e. The average molecular weight is 254 g/mol. The first-order valence-electron chi connectivity index (χ1n) is 4.58. The lowest BCUT2D eigenvalue weighted by atomic mass is 10.1. The first-order valence-corrected chi connectivity index (χ1v) is 5.38. The van der Waals surface area contributed by atoms with Gasteiger partial charge in [-0.2, -0.15) is 0 Å². The third-order valence-electron chi connectivity index (χ3n) is 1.66. The Morgan fingerprint density at radius 2 is 2.00 bits per heavy atom. The van der Waals surface area contributed by atoms with E-state index in [4.69, 9.17) is 0 Å². The first-order chi connectivity index (χ1) is 6.66. The van der Waals surface area contributed by atoms with E-state index in [2.05, 4.69) is 34.1 Å². The van der Waals surface area contributed by atoms with E-state index in [1.54, 1.807) is 12.3 Å². The Morgan fingerprint density at radius 1 is 1.43 bits per heavy atom. The summed E-state index contributed by atoms with van der Waals surface area (Å²) in [6.07, 6.45) is 5.37. The summed E-state index contributed by atoms with van der Waals surface area (Å²) in [6.45, 7) is 13.6. The van der Waals surface area contributed by atoms with Gasteiger partial charge in [0.05, 0.1) is 0 Å². The fourth-order valence-electron chi connectivity index (χ4n) is 1.11. The van der Waals surface area contributed by atoms with E-state index in [0.29, 0.717) is 0 Å². The molecule has 0 amide bonds. The van der Waals surface area contributed by atoms with E-state index in [0.717, 1.165) is 21.2 Å². The normalized spacial score (nSPS) is 8.57. The van der Waals surface area contributed by atoms with Crippen molar-refractivity contribution in [3.63, 3.8) is 0 Å². The fourth-order valence-corrected chi connectivity index (χ4v) is 1.65. The van der Waals surface area contributed by atoms with Gasteiger partial charge >= 0.3 is 0 Å². The predicted octanol–water partition coefficient (Wildman–Crippen LogP) is 4.42. The highest BCUT2D eigenvalue weighted by Crippen LogP contribution is 2.25. The van der Waals surface area contributed by atoms with E-state index in [9.17, 15) is 0 Å².